The second kappa shape index (κ2) is 6.01. The molecule has 0 aromatic heterocycles. The summed E-state index contributed by atoms with van der Waals surface area (Å²) in [5.41, 5.74) is 0.153. The number of hydrogen-bond acceptors (Lipinski definition) is 1. The lowest BCUT2D eigenvalue weighted by atomic mass is 9.82. The van der Waals surface area contributed by atoms with Gasteiger partial charge in [-0.3, -0.25) is 0 Å². The maximum absolute atomic E-state index is 12.1. The van der Waals surface area contributed by atoms with Crippen molar-refractivity contribution in [1.29, 1.82) is 0 Å². The van der Waals surface area contributed by atoms with Gasteiger partial charge in [0, 0.05) is 11.9 Å². The number of halogens is 3. The molecule has 0 saturated carbocycles. The highest BCUT2D eigenvalue weighted by atomic mass is 79.9. The van der Waals surface area contributed by atoms with Crippen molar-refractivity contribution in [2.24, 2.45) is 11.3 Å². The van der Waals surface area contributed by atoms with Crippen LogP contribution in [0.2, 0.25) is 0 Å². The zero-order chi connectivity index (χ0) is 11.4. The van der Waals surface area contributed by atoms with Gasteiger partial charge in [-0.05, 0) is 18.4 Å². The molecule has 14 heavy (non-hydrogen) atoms. The minimum atomic E-state index is -2.24. The third kappa shape index (κ3) is 5.91. The minimum Gasteiger partial charge on any atom is -0.301 e. The summed E-state index contributed by atoms with van der Waals surface area (Å²) in [6.07, 6.45) is -2.24. The highest BCUT2D eigenvalue weighted by Crippen LogP contribution is 2.28. The SMILES string of the molecule is CN(CC(F)F)CC(CBr)C(C)(C)C. The summed E-state index contributed by atoms with van der Waals surface area (Å²) in [5, 5.41) is 0.851. The van der Waals surface area contributed by atoms with Crippen LogP contribution >= 0.6 is 15.9 Å². The molecule has 86 valence electrons. The summed E-state index contributed by atoms with van der Waals surface area (Å²) in [6.45, 7) is 6.97. The quantitative estimate of drug-likeness (QED) is 0.694. The van der Waals surface area contributed by atoms with E-state index in [0.717, 1.165) is 5.33 Å². The van der Waals surface area contributed by atoms with Crippen LogP contribution in [-0.4, -0.2) is 36.8 Å². The molecule has 0 amide bonds. The molecule has 0 aliphatic heterocycles. The van der Waals surface area contributed by atoms with Gasteiger partial charge >= 0.3 is 0 Å². The molecule has 0 fully saturated rings. The molecule has 1 nitrogen and oxygen atoms in total. The van der Waals surface area contributed by atoms with Gasteiger partial charge in [0.2, 0.25) is 0 Å². The maximum atomic E-state index is 12.1. The van der Waals surface area contributed by atoms with Crippen molar-refractivity contribution in [2.75, 3.05) is 25.5 Å². The largest absolute Gasteiger partial charge is 0.301 e. The van der Waals surface area contributed by atoms with Crippen LogP contribution in [0.3, 0.4) is 0 Å². The molecule has 0 radical (unpaired) electrons. The normalized spacial score (nSPS) is 15.2. The number of alkyl halides is 3. The van der Waals surface area contributed by atoms with Crippen LogP contribution in [0.25, 0.3) is 0 Å². The molecule has 0 spiro atoms. The zero-order valence-corrected chi connectivity index (χ0v) is 10.9. The first-order valence-corrected chi connectivity index (χ1v) is 5.92. The monoisotopic (exact) mass is 271 g/mol. The summed E-state index contributed by atoms with van der Waals surface area (Å²) >= 11 is 3.43. The van der Waals surface area contributed by atoms with Crippen molar-refractivity contribution in [3.8, 4) is 0 Å². The smallest absolute Gasteiger partial charge is 0.251 e. The van der Waals surface area contributed by atoms with E-state index in [-0.39, 0.29) is 12.0 Å². The van der Waals surface area contributed by atoms with Gasteiger partial charge in [-0.15, -0.1) is 0 Å². The van der Waals surface area contributed by atoms with Crippen molar-refractivity contribution in [2.45, 2.75) is 27.2 Å². The number of nitrogens with zero attached hydrogens (tertiary/aromatic N) is 1. The van der Waals surface area contributed by atoms with E-state index in [1.54, 1.807) is 11.9 Å². The van der Waals surface area contributed by atoms with Gasteiger partial charge in [-0.1, -0.05) is 36.7 Å². The van der Waals surface area contributed by atoms with E-state index in [1.807, 2.05) is 0 Å². The molecule has 0 aliphatic rings. The molecule has 1 atom stereocenters. The summed E-state index contributed by atoms with van der Waals surface area (Å²) < 4.78 is 24.2. The molecule has 4 heteroatoms. The van der Waals surface area contributed by atoms with E-state index >= 15 is 0 Å². The molecule has 0 rings (SSSR count). The molecule has 0 aliphatic carbocycles. The predicted octanol–water partition coefficient (Wildman–Crippen LogP) is 3.24. The molecular formula is C10H20BrF2N. The lowest BCUT2D eigenvalue weighted by molar-refractivity contribution is 0.0830. The van der Waals surface area contributed by atoms with Crippen LogP contribution < -0.4 is 0 Å². The Bertz CT molecular complexity index is 157. The zero-order valence-electron chi connectivity index (χ0n) is 9.36. The van der Waals surface area contributed by atoms with Crippen LogP contribution in [0.4, 0.5) is 8.78 Å². The Morgan fingerprint density at radius 1 is 1.21 bits per heavy atom. The lowest BCUT2D eigenvalue weighted by Crippen LogP contribution is -2.36. The van der Waals surface area contributed by atoms with Crippen LogP contribution in [0.5, 0.6) is 0 Å². The van der Waals surface area contributed by atoms with Crippen molar-refractivity contribution in [3.05, 3.63) is 0 Å². The van der Waals surface area contributed by atoms with Crippen LogP contribution in [-0.2, 0) is 0 Å². The van der Waals surface area contributed by atoms with Gasteiger partial charge in [0.1, 0.15) is 0 Å². The summed E-state index contributed by atoms with van der Waals surface area (Å²) in [5.74, 6) is 0.395. The third-order valence-electron chi connectivity index (χ3n) is 2.39. The van der Waals surface area contributed by atoms with E-state index in [9.17, 15) is 8.78 Å². The molecule has 0 heterocycles. The van der Waals surface area contributed by atoms with E-state index < -0.39 is 6.43 Å². The molecule has 0 saturated heterocycles. The fourth-order valence-electron chi connectivity index (χ4n) is 1.24. The topological polar surface area (TPSA) is 3.24 Å². The minimum absolute atomic E-state index is 0.139. The second-order valence-electron chi connectivity index (χ2n) is 4.83. The van der Waals surface area contributed by atoms with E-state index in [1.165, 1.54) is 0 Å². The van der Waals surface area contributed by atoms with E-state index in [4.69, 9.17) is 0 Å². The first-order chi connectivity index (χ1) is 6.27. The summed E-state index contributed by atoms with van der Waals surface area (Å²) in [4.78, 5) is 1.70. The number of hydrogen-bond donors (Lipinski definition) is 0. The van der Waals surface area contributed by atoms with Crippen LogP contribution in [0.1, 0.15) is 20.8 Å². The number of rotatable bonds is 5. The average Bonchev–Trinajstić information content (AvgIpc) is 1.96. The molecular weight excluding hydrogens is 252 g/mol. The Kier molecular flexibility index (Phi) is 6.14. The Morgan fingerprint density at radius 2 is 1.71 bits per heavy atom. The summed E-state index contributed by atoms with van der Waals surface area (Å²) in [6, 6.07) is 0. The highest BCUT2D eigenvalue weighted by molar-refractivity contribution is 9.09. The van der Waals surface area contributed by atoms with E-state index in [0.29, 0.717) is 12.5 Å². The average molecular weight is 272 g/mol. The lowest BCUT2D eigenvalue weighted by Gasteiger charge is -2.32. The molecule has 0 aromatic rings. The van der Waals surface area contributed by atoms with Crippen molar-refractivity contribution >= 4 is 15.9 Å². The summed E-state index contributed by atoms with van der Waals surface area (Å²) in [7, 11) is 1.74. The maximum Gasteiger partial charge on any atom is 0.251 e. The predicted molar refractivity (Wildman–Crippen MR) is 60.2 cm³/mol. The van der Waals surface area contributed by atoms with E-state index in [2.05, 4.69) is 36.7 Å². The first-order valence-electron chi connectivity index (χ1n) is 4.80. The first kappa shape index (κ1) is 14.3. The molecule has 0 N–H and O–H groups in total. The van der Waals surface area contributed by atoms with Gasteiger partial charge in [0.15, 0.2) is 0 Å². The Labute approximate surface area is 94.0 Å². The third-order valence-corrected chi connectivity index (χ3v) is 3.17. The van der Waals surface area contributed by atoms with Crippen LogP contribution in [0, 0.1) is 11.3 Å². The molecule has 0 aromatic carbocycles. The van der Waals surface area contributed by atoms with Gasteiger partial charge in [-0.2, -0.15) is 0 Å². The standard InChI is InChI=1S/C10H20BrF2N/c1-10(2,3)8(5-11)6-14(4)7-9(12)13/h8-9H,5-7H2,1-4H3. The van der Waals surface area contributed by atoms with Gasteiger partial charge in [0.25, 0.3) is 6.43 Å². The van der Waals surface area contributed by atoms with Crippen LogP contribution in [0.15, 0.2) is 0 Å². The van der Waals surface area contributed by atoms with Crippen molar-refractivity contribution in [1.82, 2.24) is 4.90 Å². The van der Waals surface area contributed by atoms with Crippen molar-refractivity contribution < 1.29 is 8.78 Å². The highest BCUT2D eigenvalue weighted by Gasteiger charge is 2.25. The van der Waals surface area contributed by atoms with Crippen molar-refractivity contribution in [3.63, 3.8) is 0 Å². The van der Waals surface area contributed by atoms with Gasteiger partial charge < -0.3 is 4.90 Å². The Hall–Kier alpha value is 0.300. The molecule has 1 unspecified atom stereocenters. The Balaban J connectivity index is 4.06. The Morgan fingerprint density at radius 3 is 2.00 bits per heavy atom. The fourth-order valence-corrected chi connectivity index (χ4v) is 2.42. The van der Waals surface area contributed by atoms with Gasteiger partial charge in [0.05, 0.1) is 6.54 Å². The molecule has 0 bridgehead atoms. The van der Waals surface area contributed by atoms with Gasteiger partial charge in [-0.25, -0.2) is 8.78 Å². The second-order valence-corrected chi connectivity index (χ2v) is 5.48. The fraction of sp³-hybridized carbons (Fsp3) is 1.00.